The predicted octanol–water partition coefficient (Wildman–Crippen LogP) is 2.76. The number of fused-ring (bicyclic) bond motifs is 1. The number of rotatable bonds is 3. The van der Waals surface area contributed by atoms with Gasteiger partial charge < -0.3 is 10.2 Å². The zero-order valence-corrected chi connectivity index (χ0v) is 18.3. The van der Waals surface area contributed by atoms with Crippen LogP contribution in [0.15, 0.2) is 23.1 Å². The first-order valence-electron chi connectivity index (χ1n) is 11.2. The molecule has 2 amide bonds. The third-order valence-electron chi connectivity index (χ3n) is 6.56. The summed E-state index contributed by atoms with van der Waals surface area (Å²) in [5, 5.41) is 2.84. The van der Waals surface area contributed by atoms with Crippen molar-refractivity contribution in [1.82, 2.24) is 9.21 Å². The molecule has 3 aliphatic rings. The fourth-order valence-corrected chi connectivity index (χ4v) is 6.27. The molecule has 0 aliphatic carbocycles. The van der Waals surface area contributed by atoms with E-state index in [0.717, 1.165) is 31.5 Å². The van der Waals surface area contributed by atoms with Crippen molar-refractivity contribution < 1.29 is 18.0 Å². The van der Waals surface area contributed by atoms with Crippen LogP contribution in [-0.2, 0) is 26.0 Å². The molecule has 7 nitrogen and oxygen atoms in total. The summed E-state index contributed by atoms with van der Waals surface area (Å²) in [5.74, 6) is 0.104. The summed E-state index contributed by atoms with van der Waals surface area (Å²) in [6.45, 7) is 2.42. The van der Waals surface area contributed by atoms with E-state index in [9.17, 15) is 18.0 Å². The number of amides is 2. The molecule has 3 heterocycles. The minimum atomic E-state index is -3.61. The Balaban J connectivity index is 1.42. The Hall–Kier alpha value is -1.93. The van der Waals surface area contributed by atoms with Crippen LogP contribution >= 0.6 is 0 Å². The van der Waals surface area contributed by atoms with Gasteiger partial charge in [0.05, 0.1) is 4.90 Å². The van der Waals surface area contributed by atoms with Crippen molar-refractivity contribution >= 4 is 27.5 Å². The molecule has 0 atom stereocenters. The number of likely N-dealkylation sites (tertiary alicyclic amines) is 1. The average molecular weight is 434 g/mol. The number of aryl methyl sites for hydroxylation is 1. The van der Waals surface area contributed by atoms with Gasteiger partial charge in [0.1, 0.15) is 0 Å². The maximum Gasteiger partial charge on any atom is 0.243 e. The number of nitrogens with zero attached hydrogens (tertiary/aromatic N) is 2. The summed E-state index contributed by atoms with van der Waals surface area (Å²) in [4.78, 5) is 26.9. The topological polar surface area (TPSA) is 86.8 Å². The van der Waals surface area contributed by atoms with E-state index in [2.05, 4.69) is 5.32 Å². The Morgan fingerprint density at radius 3 is 2.33 bits per heavy atom. The standard InChI is InChI=1S/C22H31N3O4S/c26-21-7-5-6-18-16-19(8-9-20(18)23-21)30(28,29)25-14-10-17(11-15-25)22(27)24-12-3-1-2-4-13-24/h8-9,16-17H,1-7,10-15H2,(H,23,26). The number of piperidine rings is 1. The van der Waals surface area contributed by atoms with Crippen molar-refractivity contribution in [2.45, 2.75) is 62.7 Å². The summed E-state index contributed by atoms with van der Waals surface area (Å²) < 4.78 is 27.9. The highest BCUT2D eigenvalue weighted by Gasteiger charge is 2.34. The minimum Gasteiger partial charge on any atom is -0.342 e. The van der Waals surface area contributed by atoms with Crippen LogP contribution in [0.5, 0.6) is 0 Å². The zero-order chi connectivity index (χ0) is 21.1. The number of carbonyl (C=O) groups is 2. The highest BCUT2D eigenvalue weighted by atomic mass is 32.2. The molecule has 0 radical (unpaired) electrons. The molecule has 4 rings (SSSR count). The highest BCUT2D eigenvalue weighted by molar-refractivity contribution is 7.89. The first-order valence-corrected chi connectivity index (χ1v) is 12.6. The molecule has 0 aromatic heterocycles. The van der Waals surface area contributed by atoms with Crippen LogP contribution in [0.4, 0.5) is 5.69 Å². The van der Waals surface area contributed by atoms with Gasteiger partial charge in [-0.25, -0.2) is 8.42 Å². The van der Waals surface area contributed by atoms with Gasteiger partial charge in [-0.1, -0.05) is 12.8 Å². The van der Waals surface area contributed by atoms with E-state index in [1.807, 2.05) is 4.90 Å². The zero-order valence-electron chi connectivity index (χ0n) is 17.4. The molecule has 0 bridgehead atoms. The predicted molar refractivity (Wildman–Crippen MR) is 115 cm³/mol. The SMILES string of the molecule is O=C1CCCc2cc(S(=O)(=O)N3CCC(C(=O)N4CCCCCC4)CC3)ccc2N1. The van der Waals surface area contributed by atoms with E-state index in [-0.39, 0.29) is 22.6 Å². The average Bonchev–Trinajstić information content (AvgIpc) is 3.13. The number of benzene rings is 1. The van der Waals surface area contributed by atoms with Crippen LogP contribution in [0.25, 0.3) is 0 Å². The maximum absolute atomic E-state index is 13.2. The summed E-state index contributed by atoms with van der Waals surface area (Å²) in [7, 11) is -3.61. The highest BCUT2D eigenvalue weighted by Crippen LogP contribution is 2.29. The van der Waals surface area contributed by atoms with Gasteiger partial charge in [-0.3, -0.25) is 9.59 Å². The quantitative estimate of drug-likeness (QED) is 0.794. The molecule has 0 spiro atoms. The molecule has 8 heteroatoms. The fraction of sp³-hybridized carbons (Fsp3) is 0.636. The molecule has 30 heavy (non-hydrogen) atoms. The van der Waals surface area contributed by atoms with E-state index in [0.29, 0.717) is 50.9 Å². The van der Waals surface area contributed by atoms with Crippen molar-refractivity contribution in [2.75, 3.05) is 31.5 Å². The molecule has 2 fully saturated rings. The number of hydrogen-bond donors (Lipinski definition) is 1. The lowest BCUT2D eigenvalue weighted by molar-refractivity contribution is -0.136. The van der Waals surface area contributed by atoms with Crippen LogP contribution in [-0.4, -0.2) is 55.6 Å². The van der Waals surface area contributed by atoms with E-state index in [1.54, 1.807) is 18.2 Å². The second kappa shape index (κ2) is 9.06. The van der Waals surface area contributed by atoms with Gasteiger partial charge in [0, 0.05) is 44.2 Å². The van der Waals surface area contributed by atoms with Crippen LogP contribution < -0.4 is 5.32 Å². The molecule has 1 N–H and O–H groups in total. The number of sulfonamides is 1. The summed E-state index contributed by atoms with van der Waals surface area (Å²) in [5.41, 5.74) is 1.58. The lowest BCUT2D eigenvalue weighted by Gasteiger charge is -2.33. The Morgan fingerprint density at radius 1 is 0.933 bits per heavy atom. The van der Waals surface area contributed by atoms with E-state index >= 15 is 0 Å². The van der Waals surface area contributed by atoms with E-state index in [4.69, 9.17) is 0 Å². The van der Waals surface area contributed by atoms with Crippen molar-refractivity contribution in [3.05, 3.63) is 23.8 Å². The third kappa shape index (κ3) is 4.54. The van der Waals surface area contributed by atoms with Crippen molar-refractivity contribution in [1.29, 1.82) is 0 Å². The molecule has 164 valence electrons. The maximum atomic E-state index is 13.2. The smallest absolute Gasteiger partial charge is 0.243 e. The van der Waals surface area contributed by atoms with Gasteiger partial charge in [0.15, 0.2) is 0 Å². The summed E-state index contributed by atoms with van der Waals surface area (Å²) >= 11 is 0. The van der Waals surface area contributed by atoms with Gasteiger partial charge in [-0.15, -0.1) is 0 Å². The summed E-state index contributed by atoms with van der Waals surface area (Å²) in [6, 6.07) is 4.97. The minimum absolute atomic E-state index is 0.0273. The number of carbonyl (C=O) groups excluding carboxylic acids is 2. The first-order chi connectivity index (χ1) is 14.4. The fourth-order valence-electron chi connectivity index (χ4n) is 4.75. The lowest BCUT2D eigenvalue weighted by Crippen LogP contribution is -2.44. The van der Waals surface area contributed by atoms with Crippen LogP contribution in [0.2, 0.25) is 0 Å². The van der Waals surface area contributed by atoms with Crippen LogP contribution in [0.3, 0.4) is 0 Å². The monoisotopic (exact) mass is 433 g/mol. The molecule has 0 saturated carbocycles. The van der Waals surface area contributed by atoms with Crippen LogP contribution in [0.1, 0.15) is 56.9 Å². The lowest BCUT2D eigenvalue weighted by atomic mass is 9.96. The Morgan fingerprint density at radius 2 is 1.63 bits per heavy atom. The van der Waals surface area contributed by atoms with Gasteiger partial charge >= 0.3 is 0 Å². The molecular weight excluding hydrogens is 402 g/mol. The largest absolute Gasteiger partial charge is 0.342 e. The van der Waals surface area contributed by atoms with Crippen molar-refractivity contribution in [3.63, 3.8) is 0 Å². The Bertz CT molecular complexity index is 899. The molecule has 1 aromatic rings. The number of nitrogens with one attached hydrogen (secondary N) is 1. The first kappa shape index (κ1) is 21.3. The molecular formula is C22H31N3O4S. The van der Waals surface area contributed by atoms with Gasteiger partial charge in [-0.05, 0) is 62.3 Å². The second-order valence-corrected chi connectivity index (χ2v) is 10.6. The molecule has 2 saturated heterocycles. The van der Waals surface area contributed by atoms with E-state index < -0.39 is 10.0 Å². The Labute approximate surface area is 178 Å². The van der Waals surface area contributed by atoms with Crippen molar-refractivity contribution in [3.8, 4) is 0 Å². The van der Waals surface area contributed by atoms with Gasteiger partial charge in [-0.2, -0.15) is 4.31 Å². The van der Waals surface area contributed by atoms with Crippen LogP contribution in [0, 0.1) is 5.92 Å². The molecule has 3 aliphatic heterocycles. The van der Waals surface area contributed by atoms with Crippen molar-refractivity contribution in [2.24, 2.45) is 5.92 Å². The number of hydrogen-bond acceptors (Lipinski definition) is 4. The van der Waals surface area contributed by atoms with E-state index in [1.165, 1.54) is 17.1 Å². The molecule has 1 aromatic carbocycles. The molecule has 0 unspecified atom stereocenters. The summed E-state index contributed by atoms with van der Waals surface area (Å²) in [6.07, 6.45) is 7.52. The van der Waals surface area contributed by atoms with Gasteiger partial charge in [0.2, 0.25) is 21.8 Å². The third-order valence-corrected chi connectivity index (χ3v) is 8.45. The van der Waals surface area contributed by atoms with Gasteiger partial charge in [0.25, 0.3) is 0 Å². The Kier molecular flexibility index (Phi) is 6.43. The second-order valence-electron chi connectivity index (χ2n) is 8.64. The number of anilines is 1. The normalized spacial score (nSPS) is 22.0.